The lowest BCUT2D eigenvalue weighted by atomic mass is 10.0. The van der Waals surface area contributed by atoms with Crippen LogP contribution in [0.2, 0.25) is 0 Å². The first kappa shape index (κ1) is 18.9. The number of benzene rings is 1. The van der Waals surface area contributed by atoms with Crippen LogP contribution in [0.5, 0.6) is 0 Å². The Kier molecular flexibility index (Phi) is 6.47. The second kappa shape index (κ2) is 8.58. The van der Waals surface area contributed by atoms with E-state index in [-0.39, 0.29) is 5.91 Å². The highest BCUT2D eigenvalue weighted by molar-refractivity contribution is 5.93. The van der Waals surface area contributed by atoms with Gasteiger partial charge in [-0.2, -0.15) is 0 Å². The zero-order valence-electron chi connectivity index (χ0n) is 15.6. The fourth-order valence-corrected chi connectivity index (χ4v) is 2.48. The van der Waals surface area contributed by atoms with E-state index in [4.69, 9.17) is 0 Å². The highest BCUT2D eigenvalue weighted by Gasteiger charge is 2.12. The van der Waals surface area contributed by atoms with Gasteiger partial charge in [0.2, 0.25) is 0 Å². The monoisotopic (exact) mass is 341 g/mol. The first-order chi connectivity index (χ1) is 11.9. The number of para-hydroxylation sites is 1. The van der Waals surface area contributed by atoms with Gasteiger partial charge >= 0.3 is 0 Å². The van der Waals surface area contributed by atoms with Crippen molar-refractivity contribution in [1.82, 2.24) is 20.2 Å². The molecule has 0 aliphatic heterocycles. The van der Waals surface area contributed by atoms with Crippen molar-refractivity contribution in [2.45, 2.75) is 26.7 Å². The molecule has 2 rings (SSSR count). The molecule has 1 heterocycles. The first-order valence-corrected chi connectivity index (χ1v) is 8.51. The molecule has 0 saturated carbocycles. The highest BCUT2D eigenvalue weighted by Crippen LogP contribution is 2.26. The number of likely N-dealkylation sites (N-methyl/N-ethyl adjacent to an activating group) is 1. The fourth-order valence-electron chi connectivity index (χ4n) is 2.48. The molecule has 1 aromatic heterocycles. The molecule has 0 saturated heterocycles. The highest BCUT2D eigenvalue weighted by atomic mass is 16.1. The van der Waals surface area contributed by atoms with Crippen LogP contribution in [0.1, 0.15) is 41.6 Å². The van der Waals surface area contributed by atoms with Crippen molar-refractivity contribution in [3.63, 3.8) is 0 Å². The van der Waals surface area contributed by atoms with Crippen LogP contribution in [0.25, 0.3) is 0 Å². The molecule has 0 spiro atoms. The van der Waals surface area contributed by atoms with Gasteiger partial charge in [0, 0.05) is 24.8 Å². The number of aromatic nitrogens is 2. The summed E-state index contributed by atoms with van der Waals surface area (Å²) in [5, 5.41) is 6.20. The topological polar surface area (TPSA) is 70.2 Å². The summed E-state index contributed by atoms with van der Waals surface area (Å²) < 4.78 is 0. The van der Waals surface area contributed by atoms with E-state index in [0.29, 0.717) is 29.8 Å². The van der Waals surface area contributed by atoms with Crippen molar-refractivity contribution >= 4 is 17.4 Å². The van der Waals surface area contributed by atoms with Crippen molar-refractivity contribution in [2.24, 2.45) is 0 Å². The number of aryl methyl sites for hydroxylation is 1. The Hall–Kier alpha value is -2.47. The third kappa shape index (κ3) is 5.53. The standard InChI is InChI=1S/C19H27N5O/c1-13(2)15-8-6-7-9-16(15)23-18-12-17(21-14(3)22-18)19(25)20-10-11-24(4)5/h6-9,12-13H,10-11H2,1-5H3,(H,20,25)(H,21,22,23). The zero-order chi connectivity index (χ0) is 18.4. The van der Waals surface area contributed by atoms with E-state index in [1.54, 1.807) is 13.0 Å². The summed E-state index contributed by atoms with van der Waals surface area (Å²) >= 11 is 0. The number of rotatable bonds is 7. The minimum absolute atomic E-state index is 0.187. The van der Waals surface area contributed by atoms with Crippen molar-refractivity contribution in [3.05, 3.63) is 47.4 Å². The van der Waals surface area contributed by atoms with Gasteiger partial charge in [0.15, 0.2) is 0 Å². The summed E-state index contributed by atoms with van der Waals surface area (Å²) in [5.41, 5.74) is 2.57. The average molecular weight is 341 g/mol. The van der Waals surface area contributed by atoms with Crippen molar-refractivity contribution in [3.8, 4) is 0 Å². The van der Waals surface area contributed by atoms with Gasteiger partial charge in [0.25, 0.3) is 5.91 Å². The molecular weight excluding hydrogens is 314 g/mol. The molecule has 2 N–H and O–H groups in total. The summed E-state index contributed by atoms with van der Waals surface area (Å²) in [7, 11) is 3.93. The van der Waals surface area contributed by atoms with Gasteiger partial charge in [-0.25, -0.2) is 9.97 Å². The Morgan fingerprint density at radius 1 is 1.20 bits per heavy atom. The Labute approximate surface area is 149 Å². The van der Waals surface area contributed by atoms with Gasteiger partial charge in [-0.1, -0.05) is 32.0 Å². The Morgan fingerprint density at radius 2 is 1.92 bits per heavy atom. The van der Waals surface area contributed by atoms with E-state index in [0.717, 1.165) is 12.2 Å². The molecule has 2 aromatic rings. The number of anilines is 2. The van der Waals surface area contributed by atoms with Crippen LogP contribution in [-0.2, 0) is 0 Å². The summed E-state index contributed by atoms with van der Waals surface area (Å²) in [6.07, 6.45) is 0. The van der Waals surface area contributed by atoms with Gasteiger partial charge < -0.3 is 15.5 Å². The van der Waals surface area contributed by atoms with Gasteiger partial charge in [0.05, 0.1) is 0 Å². The predicted molar refractivity (Wildman–Crippen MR) is 101 cm³/mol. The minimum atomic E-state index is -0.187. The van der Waals surface area contributed by atoms with E-state index >= 15 is 0 Å². The lowest BCUT2D eigenvalue weighted by Crippen LogP contribution is -2.32. The molecule has 25 heavy (non-hydrogen) atoms. The summed E-state index contributed by atoms with van der Waals surface area (Å²) in [5.74, 6) is 1.39. The van der Waals surface area contributed by atoms with Crippen LogP contribution in [0.3, 0.4) is 0 Å². The number of carbonyl (C=O) groups is 1. The molecule has 0 atom stereocenters. The molecule has 134 valence electrons. The number of hydrogen-bond acceptors (Lipinski definition) is 5. The van der Waals surface area contributed by atoms with E-state index in [9.17, 15) is 4.79 Å². The van der Waals surface area contributed by atoms with Crippen LogP contribution in [0.15, 0.2) is 30.3 Å². The van der Waals surface area contributed by atoms with E-state index in [1.807, 2.05) is 37.2 Å². The van der Waals surface area contributed by atoms with Crippen LogP contribution in [0, 0.1) is 6.92 Å². The summed E-state index contributed by atoms with van der Waals surface area (Å²) in [6, 6.07) is 9.81. The Balaban J connectivity index is 2.18. The summed E-state index contributed by atoms with van der Waals surface area (Å²) in [4.78, 5) is 23.0. The molecule has 6 heteroatoms. The average Bonchev–Trinajstić information content (AvgIpc) is 2.54. The van der Waals surface area contributed by atoms with Gasteiger partial charge in [-0.05, 0) is 38.6 Å². The van der Waals surface area contributed by atoms with E-state index in [2.05, 4.69) is 40.5 Å². The maximum atomic E-state index is 12.3. The molecule has 6 nitrogen and oxygen atoms in total. The summed E-state index contributed by atoms with van der Waals surface area (Å²) in [6.45, 7) is 7.44. The van der Waals surface area contributed by atoms with Gasteiger partial charge in [-0.3, -0.25) is 4.79 Å². The fraction of sp³-hybridized carbons (Fsp3) is 0.421. The second-order valence-electron chi connectivity index (χ2n) is 6.61. The molecule has 0 aliphatic carbocycles. The molecule has 1 amide bonds. The third-order valence-electron chi connectivity index (χ3n) is 3.76. The molecule has 0 unspecified atom stereocenters. The smallest absolute Gasteiger partial charge is 0.270 e. The van der Waals surface area contributed by atoms with Gasteiger partial charge in [-0.15, -0.1) is 0 Å². The predicted octanol–water partition coefficient (Wildman–Crippen LogP) is 2.94. The molecule has 0 bridgehead atoms. The number of amides is 1. The first-order valence-electron chi connectivity index (χ1n) is 8.51. The van der Waals surface area contributed by atoms with E-state index < -0.39 is 0 Å². The SMILES string of the molecule is Cc1nc(Nc2ccccc2C(C)C)cc(C(=O)NCCN(C)C)n1. The second-order valence-corrected chi connectivity index (χ2v) is 6.61. The maximum absolute atomic E-state index is 12.3. The Bertz CT molecular complexity index is 728. The molecule has 0 radical (unpaired) electrons. The number of carbonyl (C=O) groups excluding carboxylic acids is 1. The largest absolute Gasteiger partial charge is 0.349 e. The quantitative estimate of drug-likeness (QED) is 0.810. The van der Waals surface area contributed by atoms with Crippen molar-refractivity contribution in [1.29, 1.82) is 0 Å². The number of hydrogen-bond donors (Lipinski definition) is 2. The van der Waals surface area contributed by atoms with Crippen LogP contribution in [-0.4, -0.2) is 48.0 Å². The molecular formula is C19H27N5O. The van der Waals surface area contributed by atoms with Crippen molar-refractivity contribution < 1.29 is 4.79 Å². The minimum Gasteiger partial charge on any atom is -0.349 e. The normalized spacial score (nSPS) is 11.0. The van der Waals surface area contributed by atoms with Crippen LogP contribution in [0.4, 0.5) is 11.5 Å². The number of nitrogens with one attached hydrogen (secondary N) is 2. The lowest BCUT2D eigenvalue weighted by Gasteiger charge is -2.15. The van der Waals surface area contributed by atoms with Crippen LogP contribution < -0.4 is 10.6 Å². The number of nitrogens with zero attached hydrogens (tertiary/aromatic N) is 3. The molecule has 1 aromatic carbocycles. The Morgan fingerprint density at radius 3 is 2.60 bits per heavy atom. The maximum Gasteiger partial charge on any atom is 0.270 e. The van der Waals surface area contributed by atoms with Crippen molar-refractivity contribution in [2.75, 3.05) is 32.5 Å². The molecule has 0 fully saturated rings. The lowest BCUT2D eigenvalue weighted by molar-refractivity contribution is 0.0945. The van der Waals surface area contributed by atoms with E-state index in [1.165, 1.54) is 5.56 Å². The zero-order valence-corrected chi connectivity index (χ0v) is 15.6. The van der Waals surface area contributed by atoms with Crippen LogP contribution >= 0.6 is 0 Å². The van der Waals surface area contributed by atoms with Gasteiger partial charge in [0.1, 0.15) is 17.3 Å². The molecule has 0 aliphatic rings. The third-order valence-corrected chi connectivity index (χ3v) is 3.76.